The highest BCUT2D eigenvalue weighted by molar-refractivity contribution is 7.13. The number of nitrogens with one attached hydrogen (secondary N) is 4. The van der Waals surface area contributed by atoms with Gasteiger partial charge in [0.15, 0.2) is 0 Å². The molecule has 0 unspecified atom stereocenters. The first-order valence-electron chi connectivity index (χ1n) is 16.7. The number of hydrogen-bond acceptors (Lipinski definition) is 10. The van der Waals surface area contributed by atoms with E-state index in [-0.39, 0.29) is 48.0 Å². The maximum atomic E-state index is 12.7. The van der Waals surface area contributed by atoms with Gasteiger partial charge in [-0.05, 0) is 124 Å². The van der Waals surface area contributed by atoms with Crippen LogP contribution in [0.3, 0.4) is 0 Å². The lowest BCUT2D eigenvalue weighted by Crippen LogP contribution is -2.47. The number of amides is 4. The number of likely N-dealkylation sites (N-methyl/N-ethyl adjacent to an activating group) is 2. The molecule has 0 saturated carbocycles. The van der Waals surface area contributed by atoms with Crippen molar-refractivity contribution < 1.29 is 19.8 Å². The Hall–Kier alpha value is -4.24. The predicted molar refractivity (Wildman–Crippen MR) is 201 cm³/mol. The van der Waals surface area contributed by atoms with E-state index in [0.717, 1.165) is 28.0 Å². The average Bonchev–Trinajstić information content (AvgIpc) is 3.74. The van der Waals surface area contributed by atoms with Crippen molar-refractivity contribution in [3.8, 4) is 22.3 Å². The number of pyridine rings is 2. The van der Waals surface area contributed by atoms with Crippen LogP contribution in [0.4, 0.5) is 9.59 Å². The van der Waals surface area contributed by atoms with Crippen LogP contribution in [0.2, 0.25) is 0 Å². The Kier molecular flexibility index (Phi) is 14.4. The summed E-state index contributed by atoms with van der Waals surface area (Å²) in [6.07, 6.45) is 4.34. The molecule has 4 rings (SSSR count). The zero-order valence-corrected chi connectivity index (χ0v) is 31.3. The molecular formula is C36H50N8O4S2. The van der Waals surface area contributed by atoms with Gasteiger partial charge in [-0.1, -0.05) is 6.07 Å². The molecule has 4 amide bonds. The van der Waals surface area contributed by atoms with E-state index in [1.165, 1.54) is 5.56 Å². The lowest BCUT2D eigenvalue weighted by atomic mass is 10.0. The van der Waals surface area contributed by atoms with E-state index in [0.29, 0.717) is 38.0 Å². The van der Waals surface area contributed by atoms with Gasteiger partial charge in [-0.25, -0.2) is 19.6 Å². The van der Waals surface area contributed by atoms with Crippen molar-refractivity contribution in [2.75, 3.05) is 41.3 Å². The van der Waals surface area contributed by atoms with E-state index in [4.69, 9.17) is 0 Å². The molecule has 0 aromatic carbocycles. The van der Waals surface area contributed by atoms with E-state index in [2.05, 4.69) is 57.9 Å². The summed E-state index contributed by atoms with van der Waals surface area (Å²) in [6.45, 7) is 4.85. The van der Waals surface area contributed by atoms with E-state index in [1.807, 2.05) is 65.6 Å². The van der Waals surface area contributed by atoms with Crippen LogP contribution in [0.1, 0.15) is 36.1 Å². The summed E-state index contributed by atoms with van der Waals surface area (Å²) in [5.74, 6) is -0.0687. The van der Waals surface area contributed by atoms with Crippen LogP contribution >= 0.6 is 22.7 Å². The Labute approximate surface area is 303 Å². The smallest absolute Gasteiger partial charge is 0.315 e. The monoisotopic (exact) mass is 722 g/mol. The van der Waals surface area contributed by atoms with Gasteiger partial charge in [0.2, 0.25) is 11.8 Å². The summed E-state index contributed by atoms with van der Waals surface area (Å²) in [4.78, 5) is 38.7. The van der Waals surface area contributed by atoms with E-state index in [1.54, 1.807) is 41.0 Å². The van der Waals surface area contributed by atoms with Crippen LogP contribution in [0, 0.1) is 0 Å². The molecule has 0 aliphatic rings. The van der Waals surface area contributed by atoms with Gasteiger partial charge in [0, 0.05) is 55.6 Å². The average molecular weight is 723 g/mol. The molecule has 0 fully saturated rings. The minimum Gasteiger partial charge on any atom is -0.493 e. The molecule has 4 atom stereocenters. The van der Waals surface area contributed by atoms with E-state index >= 15 is 0 Å². The molecule has 50 heavy (non-hydrogen) atoms. The maximum absolute atomic E-state index is 12.7. The van der Waals surface area contributed by atoms with Gasteiger partial charge in [0.05, 0.1) is 10.6 Å². The minimum absolute atomic E-state index is 0.00244. The maximum Gasteiger partial charge on any atom is 0.315 e. The Balaban J connectivity index is 1.27. The fourth-order valence-corrected chi connectivity index (χ4v) is 7.15. The van der Waals surface area contributed by atoms with Gasteiger partial charge < -0.3 is 41.3 Å². The molecule has 14 heteroatoms. The summed E-state index contributed by atoms with van der Waals surface area (Å²) < 4.78 is 0. The first-order valence-corrected chi connectivity index (χ1v) is 18.5. The van der Waals surface area contributed by atoms with Crippen molar-refractivity contribution in [3.63, 3.8) is 0 Å². The largest absolute Gasteiger partial charge is 0.493 e. The molecule has 0 radical (unpaired) electrons. The second-order valence-corrected chi connectivity index (χ2v) is 14.9. The first kappa shape index (κ1) is 38.6. The zero-order chi connectivity index (χ0) is 36.2. The summed E-state index contributed by atoms with van der Waals surface area (Å²) >= 11 is 3.19. The number of urea groups is 2. The molecule has 4 aromatic rings. The highest BCUT2D eigenvalue weighted by atomic mass is 32.1. The first-order chi connectivity index (χ1) is 23.8. The van der Waals surface area contributed by atoms with Crippen LogP contribution in [-0.4, -0.2) is 107 Å². The van der Waals surface area contributed by atoms with Gasteiger partial charge in [-0.2, -0.15) is 11.3 Å². The third kappa shape index (κ3) is 12.6. The molecular weight excluding hydrogens is 673 g/mol. The minimum atomic E-state index is -0.238. The lowest BCUT2D eigenvalue weighted by molar-refractivity contribution is 0.228. The Morgan fingerprint density at radius 3 is 1.92 bits per heavy atom. The summed E-state index contributed by atoms with van der Waals surface area (Å²) in [6, 6.07) is 10.7. The number of nitrogens with zero attached hydrogens (tertiary/aromatic N) is 4. The highest BCUT2D eigenvalue weighted by Gasteiger charge is 2.19. The number of thiophene rings is 2. The molecule has 0 bridgehead atoms. The molecule has 0 aliphatic carbocycles. The van der Waals surface area contributed by atoms with Crippen LogP contribution in [0.15, 0.2) is 58.7 Å². The molecule has 4 aromatic heterocycles. The Morgan fingerprint density at radius 1 is 0.740 bits per heavy atom. The Morgan fingerprint density at radius 2 is 1.36 bits per heavy atom. The predicted octanol–water partition coefficient (Wildman–Crippen LogP) is 4.48. The van der Waals surface area contributed by atoms with Gasteiger partial charge in [-0.3, -0.25) is 0 Å². The molecule has 6 N–H and O–H groups in total. The number of aromatic nitrogens is 2. The van der Waals surface area contributed by atoms with Crippen LogP contribution < -0.4 is 21.3 Å². The normalized spacial score (nSPS) is 13.8. The highest BCUT2D eigenvalue weighted by Crippen LogP contribution is 2.29. The second-order valence-electron chi connectivity index (χ2n) is 13.3. The topological polar surface area (TPSA) is 155 Å². The van der Waals surface area contributed by atoms with Crippen molar-refractivity contribution in [1.29, 1.82) is 0 Å². The van der Waals surface area contributed by atoms with Crippen LogP contribution in [0.25, 0.3) is 10.6 Å². The Bertz CT molecular complexity index is 1650. The van der Waals surface area contributed by atoms with Crippen molar-refractivity contribution in [1.82, 2.24) is 41.0 Å². The van der Waals surface area contributed by atoms with Crippen LogP contribution in [0.5, 0.6) is 11.8 Å². The number of aromatic hydroxyl groups is 2. The lowest BCUT2D eigenvalue weighted by Gasteiger charge is -2.25. The fourth-order valence-electron chi connectivity index (χ4n) is 5.58. The molecule has 270 valence electrons. The fraction of sp³-hybridized carbons (Fsp3) is 0.444. The number of carbonyl (C=O) groups is 2. The number of carbonyl (C=O) groups excluding carboxylic acids is 2. The standard InChI is InChI=1S/C36H50N8O4S2/c1-23(11-26-9-10-49-21-26)40-35(47)39-20-30(44(5)6)14-27-15-31(42-34(46)17-27)32-16-28(22-50-32)12-24(2)41-36(48)38-19-29(43(3)4)13-25-7-8-33(45)37-18-25/h7-10,15-18,21-24,29-30H,11-14,19-20H2,1-6H3,(H,37,45)(H,42,46)(H2,38,41,48)(H2,39,40,47)/t23-,24-,29+,30+/m1/s1. The van der Waals surface area contributed by atoms with Crippen LogP contribution in [-0.2, 0) is 25.7 Å². The van der Waals surface area contributed by atoms with Gasteiger partial charge in [0.25, 0.3) is 0 Å². The SMILES string of the molecule is C[C@H](Cc1ccsc1)NC(=O)NC[C@H](Cc1cc(O)nc(-c2cc(C[C@@H](C)NC(=O)NC[C@H](Cc3ccc(O)nc3)N(C)C)cs2)c1)N(C)C. The zero-order valence-electron chi connectivity index (χ0n) is 29.6. The third-order valence-electron chi connectivity index (χ3n) is 8.41. The summed E-state index contributed by atoms with van der Waals surface area (Å²) in [5, 5.41) is 38.2. The number of rotatable bonds is 17. The van der Waals surface area contributed by atoms with E-state index < -0.39 is 0 Å². The third-order valence-corrected chi connectivity index (χ3v) is 10.1. The molecule has 0 aliphatic heterocycles. The molecule has 12 nitrogen and oxygen atoms in total. The second kappa shape index (κ2) is 18.7. The number of hydrogen-bond donors (Lipinski definition) is 6. The molecule has 0 spiro atoms. The van der Waals surface area contributed by atoms with Gasteiger partial charge in [-0.15, -0.1) is 11.3 Å². The van der Waals surface area contributed by atoms with Crippen molar-refractivity contribution >= 4 is 34.7 Å². The van der Waals surface area contributed by atoms with Crippen molar-refractivity contribution in [2.24, 2.45) is 0 Å². The van der Waals surface area contributed by atoms with Gasteiger partial charge >= 0.3 is 12.1 Å². The van der Waals surface area contributed by atoms with Crippen molar-refractivity contribution in [2.45, 2.75) is 63.7 Å². The van der Waals surface area contributed by atoms with E-state index in [9.17, 15) is 19.8 Å². The quantitative estimate of drug-likeness (QED) is 0.0933. The summed E-state index contributed by atoms with van der Waals surface area (Å²) in [7, 11) is 7.88. The molecule has 4 heterocycles. The summed E-state index contributed by atoms with van der Waals surface area (Å²) in [5.41, 5.74) is 4.84. The van der Waals surface area contributed by atoms with Crippen molar-refractivity contribution in [3.05, 3.63) is 81.0 Å². The molecule has 0 saturated heterocycles. The van der Waals surface area contributed by atoms with Gasteiger partial charge in [0.1, 0.15) is 0 Å².